The van der Waals surface area contributed by atoms with Gasteiger partial charge in [-0.2, -0.15) is 9.97 Å². The number of aromatic nitrogens is 5. The quantitative estimate of drug-likeness (QED) is 0.148. The van der Waals surface area contributed by atoms with Crippen molar-refractivity contribution in [3.8, 4) is 17.3 Å². The van der Waals surface area contributed by atoms with Gasteiger partial charge in [-0.25, -0.2) is 18.7 Å². The molecule has 1 amide bonds. The van der Waals surface area contributed by atoms with E-state index in [1.807, 2.05) is 29.2 Å². The highest BCUT2D eigenvalue weighted by atomic mass is 35.5. The number of benzene rings is 2. The van der Waals surface area contributed by atoms with Crippen LogP contribution in [0.25, 0.3) is 39.0 Å². The van der Waals surface area contributed by atoms with Crippen LogP contribution in [0.1, 0.15) is 43.6 Å². The Kier molecular flexibility index (Phi) is 8.97. The van der Waals surface area contributed by atoms with Crippen LogP contribution in [0.2, 0.25) is 5.02 Å². The molecule has 3 aliphatic rings. The Labute approximate surface area is 298 Å². The van der Waals surface area contributed by atoms with Crippen LogP contribution in [-0.4, -0.2) is 91.2 Å². The van der Waals surface area contributed by atoms with Crippen LogP contribution in [-0.2, 0) is 4.79 Å². The van der Waals surface area contributed by atoms with E-state index in [4.69, 9.17) is 16.3 Å². The Morgan fingerprint density at radius 1 is 1.16 bits per heavy atom. The summed E-state index contributed by atoms with van der Waals surface area (Å²) in [5, 5.41) is 5.71. The Morgan fingerprint density at radius 2 is 2.00 bits per heavy atom. The van der Waals surface area contributed by atoms with Crippen LogP contribution in [0, 0.1) is 12.7 Å². The van der Waals surface area contributed by atoms with E-state index in [0.29, 0.717) is 64.7 Å². The van der Waals surface area contributed by atoms with Gasteiger partial charge in [0, 0.05) is 66.5 Å². The third-order valence-corrected chi connectivity index (χ3v) is 10.4. The Balaban J connectivity index is 1.10. The molecule has 5 aromatic rings. The van der Waals surface area contributed by atoms with Gasteiger partial charge in [0.2, 0.25) is 5.91 Å². The SMILES string of the molecule is Cc1nccc(/C=C/C(=O)N(CCNc2nc(OC[C@@]34CCCN3C[C@H](F)C4)nc3c(F)c(-c4cccc5cccc(Cl)c45)ncc23)C2CC2)n1. The summed E-state index contributed by atoms with van der Waals surface area (Å²) in [5.41, 5.74) is 0.896. The molecule has 3 aromatic heterocycles. The van der Waals surface area contributed by atoms with Gasteiger partial charge in [0.15, 0.2) is 5.82 Å². The van der Waals surface area contributed by atoms with Gasteiger partial charge in [0.25, 0.3) is 0 Å². The average Bonchev–Trinajstić information content (AvgIpc) is 3.81. The minimum Gasteiger partial charge on any atom is -0.461 e. The van der Waals surface area contributed by atoms with E-state index in [1.165, 1.54) is 6.08 Å². The monoisotopic (exact) mass is 710 g/mol. The van der Waals surface area contributed by atoms with Gasteiger partial charge in [0.05, 0.1) is 16.6 Å². The molecule has 2 aliphatic heterocycles. The van der Waals surface area contributed by atoms with Crippen LogP contribution in [0.5, 0.6) is 6.01 Å². The molecule has 1 N–H and O–H groups in total. The van der Waals surface area contributed by atoms with E-state index in [2.05, 4.69) is 35.1 Å². The van der Waals surface area contributed by atoms with Crippen LogP contribution < -0.4 is 10.1 Å². The number of halogens is 3. The molecular formula is C38H37ClF2N8O2. The van der Waals surface area contributed by atoms with Gasteiger partial charge in [-0.3, -0.25) is 14.7 Å². The number of carbonyl (C=O) groups excluding carboxylic acids is 1. The summed E-state index contributed by atoms with van der Waals surface area (Å²) in [5.74, 6) is 0.193. The zero-order chi connectivity index (χ0) is 35.1. The molecular weight excluding hydrogens is 674 g/mol. The number of amides is 1. The highest BCUT2D eigenvalue weighted by molar-refractivity contribution is 6.36. The number of pyridine rings is 1. The number of aryl methyl sites for hydroxylation is 1. The van der Waals surface area contributed by atoms with Crippen molar-refractivity contribution in [3.63, 3.8) is 0 Å². The lowest BCUT2D eigenvalue weighted by atomic mass is 9.95. The third-order valence-electron chi connectivity index (χ3n) is 10.1. The number of carbonyl (C=O) groups is 1. The molecule has 0 spiro atoms. The van der Waals surface area contributed by atoms with Crippen LogP contribution >= 0.6 is 11.6 Å². The fourth-order valence-electron chi connectivity index (χ4n) is 7.54. The van der Waals surface area contributed by atoms with Crippen molar-refractivity contribution in [3.05, 3.63) is 83.3 Å². The van der Waals surface area contributed by atoms with Crippen molar-refractivity contribution in [1.82, 2.24) is 34.7 Å². The minimum absolute atomic E-state index is 0.0151. The first-order valence-electron chi connectivity index (χ1n) is 17.4. The minimum atomic E-state index is -0.917. The summed E-state index contributed by atoms with van der Waals surface area (Å²) in [4.78, 5) is 39.5. The summed E-state index contributed by atoms with van der Waals surface area (Å²) in [6.07, 6.45) is 9.52. The molecule has 51 heavy (non-hydrogen) atoms. The fourth-order valence-corrected chi connectivity index (χ4v) is 7.82. The number of hydrogen-bond donors (Lipinski definition) is 1. The van der Waals surface area contributed by atoms with E-state index in [9.17, 15) is 9.18 Å². The number of nitrogens with zero attached hydrogens (tertiary/aromatic N) is 7. The Bertz CT molecular complexity index is 2160. The van der Waals surface area contributed by atoms with Gasteiger partial charge >= 0.3 is 6.01 Å². The molecule has 8 rings (SSSR count). The van der Waals surface area contributed by atoms with E-state index in [1.54, 1.807) is 43.6 Å². The Morgan fingerprint density at radius 3 is 2.82 bits per heavy atom. The van der Waals surface area contributed by atoms with Crippen LogP contribution in [0.15, 0.2) is 60.9 Å². The van der Waals surface area contributed by atoms with Crippen molar-refractivity contribution in [2.24, 2.45) is 0 Å². The second-order valence-corrected chi connectivity index (χ2v) is 14.0. The molecule has 10 nitrogen and oxygen atoms in total. The lowest BCUT2D eigenvalue weighted by molar-refractivity contribution is -0.126. The molecule has 2 aromatic carbocycles. The van der Waals surface area contributed by atoms with Crippen molar-refractivity contribution in [2.75, 3.05) is 38.1 Å². The summed E-state index contributed by atoms with van der Waals surface area (Å²) >= 11 is 6.60. The topological polar surface area (TPSA) is 109 Å². The van der Waals surface area contributed by atoms with E-state index < -0.39 is 17.5 Å². The van der Waals surface area contributed by atoms with Crippen molar-refractivity contribution in [2.45, 2.75) is 56.8 Å². The number of anilines is 1. The standard InChI is InChI=1S/C38H37ClF2N8O2/c1-23-42-15-13-26(45-23)9-12-31(50)49(27-10-11-27)18-16-43-36-29-20-44-34(28-7-2-5-24-6-3-8-30(39)32(24)28)33(41)35(29)46-37(47-36)51-22-38-14-4-17-48(38)21-25(40)19-38/h2-3,5-9,12-13,15,20,25,27H,4,10-11,14,16-19,21-22H2,1H3,(H,43,46,47)/b12-9+/t25-,38+/m1/s1. The molecule has 2 saturated heterocycles. The zero-order valence-corrected chi connectivity index (χ0v) is 28.9. The summed E-state index contributed by atoms with van der Waals surface area (Å²) in [6, 6.07) is 12.9. The molecule has 13 heteroatoms. The lowest BCUT2D eigenvalue weighted by Crippen LogP contribution is -2.43. The van der Waals surface area contributed by atoms with Crippen molar-refractivity contribution in [1.29, 1.82) is 0 Å². The largest absolute Gasteiger partial charge is 0.461 e. The van der Waals surface area contributed by atoms with Gasteiger partial charge in [-0.05, 0) is 62.7 Å². The average molecular weight is 711 g/mol. The van der Waals surface area contributed by atoms with Gasteiger partial charge in [-0.15, -0.1) is 0 Å². The maximum atomic E-state index is 16.7. The Hall–Kier alpha value is -4.81. The predicted molar refractivity (Wildman–Crippen MR) is 193 cm³/mol. The predicted octanol–water partition coefficient (Wildman–Crippen LogP) is 6.81. The molecule has 2 atom stereocenters. The molecule has 0 radical (unpaired) electrons. The molecule has 0 unspecified atom stereocenters. The first kappa shape index (κ1) is 33.3. The second-order valence-electron chi connectivity index (χ2n) is 13.6. The lowest BCUT2D eigenvalue weighted by Gasteiger charge is -2.30. The maximum Gasteiger partial charge on any atom is 0.319 e. The van der Waals surface area contributed by atoms with E-state index in [-0.39, 0.29) is 35.8 Å². The number of rotatable bonds is 11. The molecule has 1 aliphatic carbocycles. The second kappa shape index (κ2) is 13.7. The number of fused-ring (bicyclic) bond motifs is 3. The zero-order valence-electron chi connectivity index (χ0n) is 28.2. The summed E-state index contributed by atoms with van der Waals surface area (Å²) in [7, 11) is 0. The fraction of sp³-hybridized carbons (Fsp3) is 0.368. The number of nitrogens with one attached hydrogen (secondary N) is 1. The third kappa shape index (κ3) is 6.70. The van der Waals surface area contributed by atoms with Crippen LogP contribution in [0.4, 0.5) is 14.6 Å². The number of ether oxygens (including phenoxy) is 1. The maximum absolute atomic E-state index is 16.7. The molecule has 5 heterocycles. The normalized spacial score (nSPS) is 20.4. The van der Waals surface area contributed by atoms with Crippen molar-refractivity contribution < 1.29 is 18.3 Å². The smallest absolute Gasteiger partial charge is 0.319 e. The first-order valence-corrected chi connectivity index (χ1v) is 17.7. The van der Waals surface area contributed by atoms with Gasteiger partial charge in [-0.1, -0.05) is 41.9 Å². The number of hydrogen-bond acceptors (Lipinski definition) is 9. The molecule has 3 fully saturated rings. The van der Waals surface area contributed by atoms with E-state index >= 15 is 4.39 Å². The highest BCUT2D eigenvalue weighted by Gasteiger charge is 2.49. The van der Waals surface area contributed by atoms with Gasteiger partial charge in [0.1, 0.15) is 35.6 Å². The highest BCUT2D eigenvalue weighted by Crippen LogP contribution is 2.41. The van der Waals surface area contributed by atoms with E-state index in [0.717, 1.165) is 37.6 Å². The summed E-state index contributed by atoms with van der Waals surface area (Å²) < 4.78 is 37.4. The molecule has 0 bridgehead atoms. The first-order chi connectivity index (χ1) is 24.8. The van der Waals surface area contributed by atoms with Crippen LogP contribution in [0.3, 0.4) is 0 Å². The van der Waals surface area contributed by atoms with Crippen molar-refractivity contribution >= 4 is 51.1 Å². The number of alkyl halides is 1. The molecule has 1 saturated carbocycles. The summed E-state index contributed by atoms with van der Waals surface area (Å²) in [6.45, 7) is 3.91. The molecule has 262 valence electrons. The van der Waals surface area contributed by atoms with Gasteiger partial charge < -0.3 is 15.0 Å².